The van der Waals surface area contributed by atoms with Gasteiger partial charge in [-0.05, 0) is 53.8 Å². The molecule has 1 aliphatic rings. The minimum atomic E-state index is -0.713. The van der Waals surface area contributed by atoms with E-state index in [0.717, 1.165) is 0 Å². The summed E-state index contributed by atoms with van der Waals surface area (Å²) in [6.07, 6.45) is 2.65. The van der Waals surface area contributed by atoms with Crippen LogP contribution in [0.15, 0.2) is 30.5 Å². The number of anilines is 1. The van der Waals surface area contributed by atoms with Crippen LogP contribution in [0.4, 0.5) is 14.6 Å². The molecule has 9 heteroatoms. The number of benzene rings is 2. The van der Waals surface area contributed by atoms with Crippen molar-refractivity contribution in [2.24, 2.45) is 0 Å². The van der Waals surface area contributed by atoms with Crippen molar-refractivity contribution in [2.45, 2.75) is 32.3 Å². The van der Waals surface area contributed by atoms with Crippen molar-refractivity contribution in [1.29, 1.82) is 0 Å². The summed E-state index contributed by atoms with van der Waals surface area (Å²) in [6, 6.07) is 5.81. The second kappa shape index (κ2) is 8.64. The maximum atomic E-state index is 16.0. The van der Waals surface area contributed by atoms with E-state index < -0.39 is 11.6 Å². The van der Waals surface area contributed by atoms with Crippen LogP contribution < -0.4 is 9.64 Å². The Bertz CT molecular complexity index is 1400. The normalized spacial score (nSPS) is 14.8. The first kappa shape index (κ1) is 22.2. The monoisotopic (exact) mass is 466 g/mol. The smallest absolute Gasteiger partial charge is 0.318 e. The minimum absolute atomic E-state index is 0.00531. The van der Waals surface area contributed by atoms with Gasteiger partial charge in [0.15, 0.2) is 5.82 Å². The molecule has 176 valence electrons. The van der Waals surface area contributed by atoms with E-state index in [1.54, 1.807) is 6.07 Å². The standard InChI is InChI=1S/C25H24F2N4O3/c1-3-16-19(26)5-4-13-10-15(33)11-17(20(13)16)22-21(27)23-18(12-28-22)24(30-25(29-23)34-2)31-8-6-14(32)7-9-31/h4-5,10-12,14,32-33H,3,6-9H2,1-2H3. The van der Waals surface area contributed by atoms with Gasteiger partial charge >= 0.3 is 6.01 Å². The fourth-order valence-electron chi connectivity index (χ4n) is 4.65. The summed E-state index contributed by atoms with van der Waals surface area (Å²) in [4.78, 5) is 15.0. The Labute approximate surface area is 194 Å². The van der Waals surface area contributed by atoms with Crippen molar-refractivity contribution in [3.8, 4) is 23.0 Å². The lowest BCUT2D eigenvalue weighted by atomic mass is 9.94. The van der Waals surface area contributed by atoms with E-state index in [1.807, 2.05) is 11.8 Å². The van der Waals surface area contributed by atoms with Gasteiger partial charge in [0.05, 0.1) is 18.6 Å². The number of aliphatic hydroxyl groups is 1. The molecule has 2 aromatic carbocycles. The average molecular weight is 466 g/mol. The summed E-state index contributed by atoms with van der Waals surface area (Å²) in [6.45, 7) is 2.92. The van der Waals surface area contributed by atoms with Gasteiger partial charge < -0.3 is 19.8 Å². The number of methoxy groups -OCH3 is 1. The molecule has 0 radical (unpaired) electrons. The minimum Gasteiger partial charge on any atom is -0.508 e. The molecule has 2 N–H and O–H groups in total. The molecule has 0 bridgehead atoms. The van der Waals surface area contributed by atoms with Crippen molar-refractivity contribution < 1.29 is 23.7 Å². The highest BCUT2D eigenvalue weighted by Crippen LogP contribution is 2.39. The Morgan fingerprint density at radius 1 is 1.15 bits per heavy atom. The van der Waals surface area contributed by atoms with E-state index in [9.17, 15) is 14.6 Å². The summed E-state index contributed by atoms with van der Waals surface area (Å²) in [7, 11) is 1.41. The van der Waals surface area contributed by atoms with Gasteiger partial charge in [-0.2, -0.15) is 9.97 Å². The van der Waals surface area contributed by atoms with E-state index in [-0.39, 0.29) is 34.6 Å². The zero-order valence-electron chi connectivity index (χ0n) is 18.8. The number of rotatable bonds is 4. The highest BCUT2D eigenvalue weighted by molar-refractivity contribution is 6.01. The zero-order chi connectivity index (χ0) is 24.0. The molecule has 0 amide bonds. The maximum absolute atomic E-state index is 16.0. The molecule has 4 aromatic rings. The first-order valence-corrected chi connectivity index (χ1v) is 11.2. The fraction of sp³-hybridized carbons (Fsp3) is 0.320. The van der Waals surface area contributed by atoms with Gasteiger partial charge in [-0.25, -0.2) is 8.78 Å². The van der Waals surface area contributed by atoms with Crippen molar-refractivity contribution in [3.63, 3.8) is 0 Å². The summed E-state index contributed by atoms with van der Waals surface area (Å²) < 4.78 is 35.9. The second-order valence-corrected chi connectivity index (χ2v) is 8.41. The number of phenols is 1. The Balaban J connectivity index is 1.76. The van der Waals surface area contributed by atoms with Crippen molar-refractivity contribution in [1.82, 2.24) is 15.0 Å². The number of aromatic hydroxyl groups is 1. The van der Waals surface area contributed by atoms with Gasteiger partial charge in [0, 0.05) is 24.8 Å². The number of aromatic nitrogens is 3. The topological polar surface area (TPSA) is 91.6 Å². The molecular weight excluding hydrogens is 442 g/mol. The molecule has 0 aliphatic carbocycles. The Hall–Kier alpha value is -3.59. The van der Waals surface area contributed by atoms with Crippen molar-refractivity contribution in [2.75, 3.05) is 25.1 Å². The molecule has 1 fully saturated rings. The highest BCUT2D eigenvalue weighted by Gasteiger charge is 2.25. The predicted octanol–water partition coefficient (Wildman–Crippen LogP) is 4.36. The average Bonchev–Trinajstić information content (AvgIpc) is 2.84. The van der Waals surface area contributed by atoms with Crippen LogP contribution in [0.5, 0.6) is 11.8 Å². The largest absolute Gasteiger partial charge is 0.508 e. The second-order valence-electron chi connectivity index (χ2n) is 8.41. The molecule has 5 rings (SSSR count). The molecule has 0 spiro atoms. The number of piperidine rings is 1. The fourth-order valence-corrected chi connectivity index (χ4v) is 4.65. The van der Waals surface area contributed by atoms with Crippen LogP contribution in [-0.2, 0) is 6.42 Å². The Morgan fingerprint density at radius 3 is 2.62 bits per heavy atom. The van der Waals surface area contributed by atoms with E-state index in [1.165, 1.54) is 31.5 Å². The van der Waals surface area contributed by atoms with Crippen LogP contribution >= 0.6 is 0 Å². The van der Waals surface area contributed by atoms with Crippen LogP contribution in [0.1, 0.15) is 25.3 Å². The number of aryl methyl sites for hydroxylation is 1. The molecular formula is C25H24F2N4O3. The molecule has 0 atom stereocenters. The van der Waals surface area contributed by atoms with E-state index in [0.29, 0.717) is 59.9 Å². The summed E-state index contributed by atoms with van der Waals surface area (Å²) in [5.41, 5.74) is 0.672. The van der Waals surface area contributed by atoms with Crippen LogP contribution in [0, 0.1) is 11.6 Å². The lowest BCUT2D eigenvalue weighted by molar-refractivity contribution is 0.145. The molecule has 2 aromatic heterocycles. The number of hydrogen-bond acceptors (Lipinski definition) is 7. The van der Waals surface area contributed by atoms with Gasteiger partial charge in [0.2, 0.25) is 0 Å². The number of aliphatic hydroxyl groups excluding tert-OH is 1. The van der Waals surface area contributed by atoms with Gasteiger partial charge in [-0.1, -0.05) is 13.0 Å². The van der Waals surface area contributed by atoms with Crippen molar-refractivity contribution in [3.05, 3.63) is 47.7 Å². The molecule has 0 unspecified atom stereocenters. The van der Waals surface area contributed by atoms with Gasteiger partial charge in [-0.15, -0.1) is 0 Å². The van der Waals surface area contributed by atoms with Crippen LogP contribution in [0.3, 0.4) is 0 Å². The Kier molecular flexibility index (Phi) is 5.65. The number of ether oxygens (including phenoxy) is 1. The third-order valence-electron chi connectivity index (χ3n) is 6.35. The van der Waals surface area contributed by atoms with Crippen LogP contribution in [0.2, 0.25) is 0 Å². The summed E-state index contributed by atoms with van der Waals surface area (Å²) >= 11 is 0. The molecule has 3 heterocycles. The van der Waals surface area contributed by atoms with E-state index in [2.05, 4.69) is 15.0 Å². The van der Waals surface area contributed by atoms with E-state index in [4.69, 9.17) is 4.74 Å². The van der Waals surface area contributed by atoms with E-state index >= 15 is 4.39 Å². The maximum Gasteiger partial charge on any atom is 0.318 e. The first-order chi connectivity index (χ1) is 16.4. The first-order valence-electron chi connectivity index (χ1n) is 11.2. The number of fused-ring (bicyclic) bond motifs is 2. The van der Waals surface area contributed by atoms with Gasteiger partial charge in [0.1, 0.15) is 28.6 Å². The quantitative estimate of drug-likeness (QED) is 0.462. The lowest BCUT2D eigenvalue weighted by Crippen LogP contribution is -2.36. The molecule has 34 heavy (non-hydrogen) atoms. The molecule has 7 nitrogen and oxygen atoms in total. The molecule has 0 saturated carbocycles. The number of hydrogen-bond donors (Lipinski definition) is 2. The number of halogens is 2. The Morgan fingerprint density at radius 2 is 1.91 bits per heavy atom. The van der Waals surface area contributed by atoms with Crippen molar-refractivity contribution >= 4 is 27.5 Å². The number of phenolic OH excluding ortho intramolecular Hbond substituents is 1. The lowest BCUT2D eigenvalue weighted by Gasteiger charge is -2.31. The zero-order valence-corrected chi connectivity index (χ0v) is 18.8. The van der Waals surface area contributed by atoms with Gasteiger partial charge in [0.25, 0.3) is 0 Å². The highest BCUT2D eigenvalue weighted by atomic mass is 19.1. The molecule has 1 aliphatic heterocycles. The van der Waals surface area contributed by atoms with Gasteiger partial charge in [-0.3, -0.25) is 4.98 Å². The summed E-state index contributed by atoms with van der Waals surface area (Å²) in [5.74, 6) is -0.713. The predicted molar refractivity (Wildman–Crippen MR) is 125 cm³/mol. The van der Waals surface area contributed by atoms with Crippen LogP contribution in [0.25, 0.3) is 32.9 Å². The SMILES string of the molecule is CCc1c(F)ccc2cc(O)cc(-c3ncc4c(N5CCC(O)CC5)nc(OC)nc4c3F)c12. The number of pyridine rings is 1. The van der Waals surface area contributed by atoms with Crippen LogP contribution in [-0.4, -0.2) is 51.5 Å². The molecule has 1 saturated heterocycles. The third kappa shape index (κ3) is 3.66. The third-order valence-corrected chi connectivity index (χ3v) is 6.35. The summed E-state index contributed by atoms with van der Waals surface area (Å²) in [5, 5.41) is 21.7. The number of nitrogens with zero attached hydrogens (tertiary/aromatic N) is 4.